The smallest absolute Gasteiger partial charge is 0.257 e. The molecule has 0 saturated carbocycles. The van der Waals surface area contributed by atoms with E-state index >= 15 is 0 Å². The SMILES string of the molecule is Cc1noc(-c2ccc(C(=O)N3CCC(C)(c4ccc(F)cc4)CC3)cc2)n1. The van der Waals surface area contributed by atoms with Crippen LogP contribution in [0.15, 0.2) is 53.1 Å². The van der Waals surface area contributed by atoms with Crippen LogP contribution < -0.4 is 0 Å². The summed E-state index contributed by atoms with van der Waals surface area (Å²) in [7, 11) is 0. The van der Waals surface area contributed by atoms with Crippen molar-refractivity contribution in [3.8, 4) is 11.5 Å². The Morgan fingerprint density at radius 2 is 1.71 bits per heavy atom. The van der Waals surface area contributed by atoms with Crippen molar-refractivity contribution in [2.24, 2.45) is 0 Å². The number of hydrogen-bond acceptors (Lipinski definition) is 4. The van der Waals surface area contributed by atoms with Crippen molar-refractivity contribution >= 4 is 5.91 Å². The molecule has 5 nitrogen and oxygen atoms in total. The maximum atomic E-state index is 13.2. The van der Waals surface area contributed by atoms with Gasteiger partial charge < -0.3 is 9.42 Å². The zero-order chi connectivity index (χ0) is 19.7. The Morgan fingerprint density at radius 1 is 1.07 bits per heavy atom. The van der Waals surface area contributed by atoms with Crippen LogP contribution in [0.25, 0.3) is 11.5 Å². The first-order chi connectivity index (χ1) is 13.4. The fourth-order valence-corrected chi connectivity index (χ4v) is 3.70. The summed E-state index contributed by atoms with van der Waals surface area (Å²) in [6.07, 6.45) is 1.70. The number of hydrogen-bond donors (Lipinski definition) is 0. The molecule has 28 heavy (non-hydrogen) atoms. The Kier molecular flexibility index (Phi) is 4.71. The van der Waals surface area contributed by atoms with Gasteiger partial charge in [-0.15, -0.1) is 0 Å². The molecule has 3 aromatic rings. The number of carbonyl (C=O) groups excluding carboxylic acids is 1. The molecule has 2 aromatic carbocycles. The summed E-state index contributed by atoms with van der Waals surface area (Å²) in [5.41, 5.74) is 2.52. The molecule has 1 saturated heterocycles. The van der Waals surface area contributed by atoms with E-state index in [0.717, 1.165) is 24.0 Å². The Balaban J connectivity index is 1.43. The third-order valence-corrected chi connectivity index (χ3v) is 5.60. The van der Waals surface area contributed by atoms with Crippen LogP contribution in [0.2, 0.25) is 0 Å². The topological polar surface area (TPSA) is 59.2 Å². The maximum Gasteiger partial charge on any atom is 0.257 e. The van der Waals surface area contributed by atoms with Crippen LogP contribution in [0.3, 0.4) is 0 Å². The van der Waals surface area contributed by atoms with Crippen molar-refractivity contribution in [2.45, 2.75) is 32.1 Å². The van der Waals surface area contributed by atoms with Gasteiger partial charge in [0.15, 0.2) is 5.82 Å². The molecule has 4 rings (SSSR count). The molecule has 1 amide bonds. The molecule has 0 unspecified atom stereocenters. The summed E-state index contributed by atoms with van der Waals surface area (Å²) < 4.78 is 18.4. The molecule has 0 bridgehead atoms. The fourth-order valence-electron chi connectivity index (χ4n) is 3.70. The van der Waals surface area contributed by atoms with Gasteiger partial charge in [-0.05, 0) is 67.1 Å². The van der Waals surface area contributed by atoms with Crippen LogP contribution in [-0.4, -0.2) is 34.0 Å². The zero-order valence-corrected chi connectivity index (χ0v) is 16.0. The molecular weight excluding hydrogens is 357 g/mol. The monoisotopic (exact) mass is 379 g/mol. The van der Waals surface area contributed by atoms with Gasteiger partial charge in [0.25, 0.3) is 11.8 Å². The molecule has 0 N–H and O–H groups in total. The number of amides is 1. The van der Waals surface area contributed by atoms with E-state index in [1.54, 1.807) is 19.1 Å². The van der Waals surface area contributed by atoms with Gasteiger partial charge in [0.1, 0.15) is 5.82 Å². The summed E-state index contributed by atoms with van der Waals surface area (Å²) in [5, 5.41) is 3.79. The molecule has 1 aromatic heterocycles. The van der Waals surface area contributed by atoms with E-state index in [-0.39, 0.29) is 17.1 Å². The minimum absolute atomic E-state index is 0.0226. The highest BCUT2D eigenvalue weighted by Gasteiger charge is 2.33. The van der Waals surface area contributed by atoms with Crippen LogP contribution in [0.4, 0.5) is 4.39 Å². The number of aromatic nitrogens is 2. The van der Waals surface area contributed by atoms with E-state index in [4.69, 9.17) is 4.52 Å². The molecule has 0 spiro atoms. The average Bonchev–Trinajstić information content (AvgIpc) is 3.15. The lowest BCUT2D eigenvalue weighted by atomic mass is 9.74. The van der Waals surface area contributed by atoms with E-state index < -0.39 is 0 Å². The third kappa shape index (κ3) is 3.54. The lowest BCUT2D eigenvalue weighted by molar-refractivity contribution is 0.0676. The lowest BCUT2D eigenvalue weighted by Crippen LogP contribution is -2.43. The van der Waals surface area contributed by atoms with Gasteiger partial charge in [-0.2, -0.15) is 4.98 Å². The zero-order valence-electron chi connectivity index (χ0n) is 16.0. The average molecular weight is 379 g/mol. The van der Waals surface area contributed by atoms with Crippen LogP contribution >= 0.6 is 0 Å². The minimum Gasteiger partial charge on any atom is -0.339 e. The number of piperidine rings is 1. The number of halogens is 1. The first kappa shape index (κ1) is 18.3. The van der Waals surface area contributed by atoms with Gasteiger partial charge in [-0.3, -0.25) is 4.79 Å². The summed E-state index contributed by atoms with van der Waals surface area (Å²) in [4.78, 5) is 19.0. The van der Waals surface area contributed by atoms with Gasteiger partial charge in [0.05, 0.1) is 0 Å². The largest absolute Gasteiger partial charge is 0.339 e. The van der Waals surface area contributed by atoms with Gasteiger partial charge in [0, 0.05) is 24.2 Å². The molecule has 1 aliphatic heterocycles. The van der Waals surface area contributed by atoms with E-state index in [1.807, 2.05) is 29.2 Å². The molecule has 6 heteroatoms. The van der Waals surface area contributed by atoms with Crippen molar-refractivity contribution in [3.63, 3.8) is 0 Å². The van der Waals surface area contributed by atoms with Crippen LogP contribution in [0.5, 0.6) is 0 Å². The number of benzene rings is 2. The molecule has 0 atom stereocenters. The number of aryl methyl sites for hydroxylation is 1. The predicted octanol–water partition coefficient (Wildman–Crippen LogP) is 4.38. The highest BCUT2D eigenvalue weighted by atomic mass is 19.1. The number of rotatable bonds is 3. The maximum absolute atomic E-state index is 13.2. The van der Waals surface area contributed by atoms with Gasteiger partial charge in [-0.25, -0.2) is 4.39 Å². The number of nitrogens with zero attached hydrogens (tertiary/aromatic N) is 3. The summed E-state index contributed by atoms with van der Waals surface area (Å²) >= 11 is 0. The van der Waals surface area contributed by atoms with Crippen LogP contribution in [-0.2, 0) is 5.41 Å². The van der Waals surface area contributed by atoms with Crippen molar-refractivity contribution in [2.75, 3.05) is 13.1 Å². The summed E-state index contributed by atoms with van der Waals surface area (Å²) in [6.45, 7) is 5.30. The molecular formula is C22H22FN3O2. The van der Waals surface area contributed by atoms with Gasteiger partial charge >= 0.3 is 0 Å². The quantitative estimate of drug-likeness (QED) is 0.678. The van der Waals surface area contributed by atoms with Crippen molar-refractivity contribution < 1.29 is 13.7 Å². The Morgan fingerprint density at radius 3 is 2.29 bits per heavy atom. The van der Waals surface area contributed by atoms with E-state index in [9.17, 15) is 9.18 Å². The van der Waals surface area contributed by atoms with E-state index in [2.05, 4.69) is 17.1 Å². The van der Waals surface area contributed by atoms with Gasteiger partial charge in [0.2, 0.25) is 0 Å². The first-order valence-electron chi connectivity index (χ1n) is 9.41. The van der Waals surface area contributed by atoms with Crippen molar-refractivity contribution in [1.29, 1.82) is 0 Å². The van der Waals surface area contributed by atoms with Crippen molar-refractivity contribution in [3.05, 3.63) is 71.3 Å². The number of carbonyl (C=O) groups is 1. The summed E-state index contributed by atoms with van der Waals surface area (Å²) in [6, 6.07) is 14.0. The molecule has 1 fully saturated rings. The Bertz CT molecular complexity index is 972. The van der Waals surface area contributed by atoms with Crippen LogP contribution in [0.1, 0.15) is 41.5 Å². The number of likely N-dealkylation sites (tertiary alicyclic amines) is 1. The van der Waals surface area contributed by atoms with Gasteiger partial charge in [-0.1, -0.05) is 24.2 Å². The second-order valence-electron chi connectivity index (χ2n) is 7.58. The molecule has 0 aliphatic carbocycles. The van der Waals surface area contributed by atoms with Crippen molar-refractivity contribution in [1.82, 2.24) is 15.0 Å². The fraction of sp³-hybridized carbons (Fsp3) is 0.318. The standard InChI is InChI=1S/C22H22FN3O2/c1-15-24-20(28-25-15)16-3-5-17(6-4-16)21(27)26-13-11-22(2,12-14-26)18-7-9-19(23)10-8-18/h3-10H,11-14H2,1-2H3. The predicted molar refractivity (Wildman–Crippen MR) is 103 cm³/mol. The molecule has 144 valence electrons. The van der Waals surface area contributed by atoms with Crippen LogP contribution in [0, 0.1) is 12.7 Å². The lowest BCUT2D eigenvalue weighted by Gasteiger charge is -2.40. The highest BCUT2D eigenvalue weighted by molar-refractivity contribution is 5.94. The second kappa shape index (κ2) is 7.19. The molecule has 1 aliphatic rings. The first-order valence-corrected chi connectivity index (χ1v) is 9.41. The third-order valence-electron chi connectivity index (χ3n) is 5.60. The Hall–Kier alpha value is -3.02. The Labute approximate surface area is 163 Å². The normalized spacial score (nSPS) is 16.2. The highest BCUT2D eigenvalue weighted by Crippen LogP contribution is 2.35. The summed E-state index contributed by atoms with van der Waals surface area (Å²) in [5.74, 6) is 0.825. The van der Waals surface area contributed by atoms with E-state index in [1.165, 1.54) is 12.1 Å². The molecule has 2 heterocycles. The van der Waals surface area contributed by atoms with E-state index in [0.29, 0.717) is 30.4 Å². The minimum atomic E-state index is -0.223. The molecule has 0 radical (unpaired) electrons. The second-order valence-corrected chi connectivity index (χ2v) is 7.58.